The zero-order chi connectivity index (χ0) is 19.4. The van der Waals surface area contributed by atoms with Gasteiger partial charge in [-0.3, -0.25) is 15.2 Å². The summed E-state index contributed by atoms with van der Waals surface area (Å²) in [6, 6.07) is 12.8. The van der Waals surface area contributed by atoms with E-state index in [1.54, 1.807) is 24.3 Å². The van der Waals surface area contributed by atoms with Crippen LogP contribution in [0.4, 0.5) is 23.0 Å². The third kappa shape index (κ3) is 3.86. The fourth-order valence-electron chi connectivity index (χ4n) is 2.23. The predicted octanol–water partition coefficient (Wildman–Crippen LogP) is 4.04. The van der Waals surface area contributed by atoms with Gasteiger partial charge in [-0.15, -0.1) is 0 Å². The summed E-state index contributed by atoms with van der Waals surface area (Å²) in [6.07, 6.45) is 1.33. The van der Waals surface area contributed by atoms with Gasteiger partial charge in [-0.25, -0.2) is 4.99 Å². The predicted molar refractivity (Wildman–Crippen MR) is 100 cm³/mol. The second kappa shape index (κ2) is 7.55. The van der Waals surface area contributed by atoms with Gasteiger partial charge in [0.25, 0.3) is 0 Å². The van der Waals surface area contributed by atoms with Crippen LogP contribution in [-0.2, 0) is 0 Å². The first-order valence-corrected chi connectivity index (χ1v) is 7.89. The second-order valence-corrected chi connectivity index (χ2v) is 5.68. The van der Waals surface area contributed by atoms with E-state index in [0.717, 1.165) is 6.07 Å². The Kier molecular flexibility index (Phi) is 5.01. The monoisotopic (exact) mass is 382 g/mol. The Bertz CT molecular complexity index is 1090. The number of hydrogen-bond acceptors (Lipinski definition) is 7. The van der Waals surface area contributed by atoms with Crippen molar-refractivity contribution in [3.63, 3.8) is 0 Å². The van der Waals surface area contributed by atoms with E-state index < -0.39 is 16.4 Å². The fraction of sp³-hybridized carbons (Fsp3) is 0. The molecule has 0 saturated carbocycles. The van der Waals surface area contributed by atoms with E-state index in [1.165, 1.54) is 18.3 Å². The molecule has 0 fully saturated rings. The van der Waals surface area contributed by atoms with Crippen molar-refractivity contribution in [3.05, 3.63) is 68.7 Å². The molecule has 3 aromatic rings. The lowest BCUT2D eigenvalue weighted by atomic mass is 10.2. The molecule has 2 aromatic carbocycles. The number of rotatable bonds is 5. The molecule has 27 heavy (non-hydrogen) atoms. The first-order valence-electron chi connectivity index (χ1n) is 7.51. The summed E-state index contributed by atoms with van der Waals surface area (Å²) in [5.41, 5.74) is 0.758. The van der Waals surface area contributed by atoms with Crippen LogP contribution in [0.5, 0.6) is 5.75 Å². The number of phenolic OH excluding ortho intramolecular Hbond substituents is 1. The summed E-state index contributed by atoms with van der Waals surface area (Å²) in [4.78, 5) is 14.1. The zero-order valence-corrected chi connectivity index (χ0v) is 14.3. The molecule has 0 aliphatic rings. The van der Waals surface area contributed by atoms with Crippen LogP contribution in [0.1, 0.15) is 11.1 Å². The number of anilines is 2. The van der Waals surface area contributed by atoms with Gasteiger partial charge in [-0.2, -0.15) is 10.4 Å². The third-order valence-electron chi connectivity index (χ3n) is 3.52. The number of aliphatic imine (C=N–C) groups is 1. The number of halogens is 1. The van der Waals surface area contributed by atoms with E-state index in [4.69, 9.17) is 11.6 Å². The molecule has 3 N–H and O–H groups in total. The molecule has 0 spiro atoms. The minimum absolute atomic E-state index is 0.116. The van der Waals surface area contributed by atoms with Crippen molar-refractivity contribution in [1.82, 2.24) is 10.2 Å². The van der Waals surface area contributed by atoms with Crippen molar-refractivity contribution in [2.45, 2.75) is 0 Å². The maximum absolute atomic E-state index is 10.7. The number of phenols is 1. The van der Waals surface area contributed by atoms with Gasteiger partial charge in [0.15, 0.2) is 11.6 Å². The fourth-order valence-corrected chi connectivity index (χ4v) is 2.41. The Morgan fingerprint density at radius 3 is 2.81 bits per heavy atom. The van der Waals surface area contributed by atoms with E-state index in [9.17, 15) is 20.5 Å². The van der Waals surface area contributed by atoms with Gasteiger partial charge in [0.05, 0.1) is 15.6 Å². The molecular formula is C17H11ClN6O3. The number of H-pyrrole nitrogens is 1. The lowest BCUT2D eigenvalue weighted by molar-refractivity contribution is -0.385. The largest absolute Gasteiger partial charge is 0.502 e. The Hall–Kier alpha value is -3.90. The first kappa shape index (κ1) is 17.9. The number of aromatic hydroxyl groups is 1. The molecule has 0 unspecified atom stereocenters. The highest BCUT2D eigenvalue weighted by molar-refractivity contribution is 6.33. The molecule has 3 rings (SSSR count). The van der Waals surface area contributed by atoms with E-state index in [2.05, 4.69) is 20.5 Å². The number of nitriles is 1. The molecule has 0 aliphatic carbocycles. The van der Waals surface area contributed by atoms with Crippen LogP contribution in [-0.4, -0.2) is 26.4 Å². The number of nitro groups is 1. The minimum atomic E-state index is -0.690. The lowest BCUT2D eigenvalue weighted by Gasteiger charge is -2.05. The first-order chi connectivity index (χ1) is 13.0. The third-order valence-corrected chi connectivity index (χ3v) is 3.85. The van der Waals surface area contributed by atoms with Crippen molar-refractivity contribution in [2.24, 2.45) is 4.99 Å². The highest BCUT2D eigenvalue weighted by atomic mass is 35.5. The maximum Gasteiger partial charge on any atom is 0.310 e. The number of benzene rings is 2. The Morgan fingerprint density at radius 2 is 2.15 bits per heavy atom. The van der Waals surface area contributed by atoms with Gasteiger partial charge in [-0.05, 0) is 29.8 Å². The van der Waals surface area contributed by atoms with E-state index in [1.807, 2.05) is 6.07 Å². The Labute approximate surface area is 157 Å². The zero-order valence-electron chi connectivity index (χ0n) is 13.5. The quantitative estimate of drug-likeness (QED) is 0.345. The van der Waals surface area contributed by atoms with Crippen molar-refractivity contribution in [3.8, 4) is 11.8 Å². The molecule has 1 aromatic heterocycles. The maximum atomic E-state index is 10.7. The van der Waals surface area contributed by atoms with Gasteiger partial charge < -0.3 is 10.4 Å². The highest BCUT2D eigenvalue weighted by Gasteiger charge is 2.14. The number of aromatic nitrogens is 2. The van der Waals surface area contributed by atoms with Gasteiger partial charge in [0.2, 0.25) is 0 Å². The van der Waals surface area contributed by atoms with Crippen LogP contribution >= 0.6 is 11.6 Å². The number of nitro benzene ring substituents is 1. The average Bonchev–Trinajstić information content (AvgIpc) is 3.03. The van der Waals surface area contributed by atoms with Crippen molar-refractivity contribution in [2.75, 3.05) is 5.32 Å². The summed E-state index contributed by atoms with van der Waals surface area (Å²) in [5.74, 6) is -0.0400. The summed E-state index contributed by atoms with van der Waals surface area (Å²) in [5, 5.41) is 39.9. The molecular weight excluding hydrogens is 372 g/mol. The van der Waals surface area contributed by atoms with Crippen LogP contribution in [0.2, 0.25) is 5.02 Å². The molecule has 0 atom stereocenters. The summed E-state index contributed by atoms with van der Waals surface area (Å²) >= 11 is 6.09. The lowest BCUT2D eigenvalue weighted by Crippen LogP contribution is -1.93. The summed E-state index contributed by atoms with van der Waals surface area (Å²) in [7, 11) is 0. The molecule has 0 amide bonds. The molecule has 9 nitrogen and oxygen atoms in total. The summed E-state index contributed by atoms with van der Waals surface area (Å²) < 4.78 is 0. The van der Waals surface area contributed by atoms with Crippen molar-refractivity contribution >= 4 is 40.8 Å². The molecule has 0 radical (unpaired) electrons. The molecule has 0 saturated heterocycles. The normalized spacial score (nSPS) is 10.7. The highest BCUT2D eigenvalue weighted by Crippen LogP contribution is 2.30. The van der Waals surface area contributed by atoms with Crippen molar-refractivity contribution < 1.29 is 10.0 Å². The Morgan fingerprint density at radius 1 is 1.37 bits per heavy atom. The van der Waals surface area contributed by atoms with Crippen LogP contribution in [0.15, 0.2) is 47.5 Å². The number of hydrogen-bond donors (Lipinski definition) is 3. The molecule has 10 heteroatoms. The topological polar surface area (TPSA) is 140 Å². The Balaban J connectivity index is 1.86. The van der Waals surface area contributed by atoms with Gasteiger partial charge >= 0.3 is 5.69 Å². The van der Waals surface area contributed by atoms with Crippen LogP contribution in [0.3, 0.4) is 0 Å². The van der Waals surface area contributed by atoms with Gasteiger partial charge in [-0.1, -0.05) is 23.7 Å². The summed E-state index contributed by atoms with van der Waals surface area (Å²) in [6.45, 7) is 0. The van der Waals surface area contributed by atoms with Crippen LogP contribution in [0.25, 0.3) is 0 Å². The average molecular weight is 383 g/mol. The van der Waals surface area contributed by atoms with E-state index in [0.29, 0.717) is 22.1 Å². The number of aromatic amines is 1. The van der Waals surface area contributed by atoms with E-state index >= 15 is 0 Å². The van der Waals surface area contributed by atoms with Crippen LogP contribution < -0.4 is 5.32 Å². The number of para-hydroxylation sites is 1. The van der Waals surface area contributed by atoms with Crippen LogP contribution in [0, 0.1) is 21.4 Å². The van der Waals surface area contributed by atoms with E-state index in [-0.39, 0.29) is 11.4 Å². The molecule has 134 valence electrons. The second-order valence-electron chi connectivity index (χ2n) is 5.28. The minimum Gasteiger partial charge on any atom is -0.502 e. The SMILES string of the molecule is N#Cc1c(N=Cc2ccc([N+](=O)[O-])c(O)c2)n[nH]c1Nc1ccccc1Cl. The van der Waals surface area contributed by atoms with Gasteiger partial charge in [0, 0.05) is 12.3 Å². The number of nitrogens with one attached hydrogen (secondary N) is 2. The van der Waals surface area contributed by atoms with Crippen molar-refractivity contribution in [1.29, 1.82) is 5.26 Å². The molecule has 1 heterocycles. The molecule has 0 aliphatic heterocycles. The van der Waals surface area contributed by atoms with Gasteiger partial charge in [0.1, 0.15) is 17.5 Å². The smallest absolute Gasteiger partial charge is 0.310 e. The number of nitrogens with zero attached hydrogens (tertiary/aromatic N) is 4. The standard InChI is InChI=1S/C17H11ClN6O3/c18-12-3-1-2-4-13(12)21-17-11(8-19)16(22-23-17)20-9-10-5-6-14(24(26)27)15(25)7-10/h1-7,9,25H,(H2,21,22,23). The molecule has 0 bridgehead atoms.